The highest BCUT2D eigenvalue weighted by Crippen LogP contribution is 2.51. The van der Waals surface area contributed by atoms with Gasteiger partial charge in [0.25, 0.3) is 0 Å². The van der Waals surface area contributed by atoms with E-state index in [-0.39, 0.29) is 17.7 Å². The van der Waals surface area contributed by atoms with Crippen molar-refractivity contribution in [3.05, 3.63) is 82.0 Å². The molecule has 1 aliphatic rings. The monoisotopic (exact) mass is 429 g/mol. The standard InChI is InChI=1S/C26H20FNO2S/c27-21-10-11-22(23-12-13-24(31-23)26(17-28)14-15-26)20(16-21)9-8-19-6-4-18(5-7-19)2-1-3-25(29)30/h4-7,10-13,16H,1-3,14-15H2,(H,29,30). The van der Waals surface area contributed by atoms with Gasteiger partial charge in [-0.3, -0.25) is 4.79 Å². The highest BCUT2D eigenvalue weighted by Gasteiger charge is 2.46. The first-order valence-electron chi connectivity index (χ1n) is 10.1. The maximum atomic E-state index is 13.9. The van der Waals surface area contributed by atoms with Crippen LogP contribution in [0, 0.1) is 29.0 Å². The number of aryl methyl sites for hydroxylation is 1. The van der Waals surface area contributed by atoms with Crippen LogP contribution in [0.25, 0.3) is 10.4 Å². The van der Waals surface area contributed by atoms with Crippen molar-refractivity contribution in [2.75, 3.05) is 0 Å². The molecule has 1 saturated carbocycles. The first-order valence-corrected chi connectivity index (χ1v) is 10.9. The third-order valence-electron chi connectivity index (χ3n) is 5.44. The van der Waals surface area contributed by atoms with Gasteiger partial charge in [-0.2, -0.15) is 5.26 Å². The van der Waals surface area contributed by atoms with Crippen LogP contribution in [-0.2, 0) is 16.6 Å². The average Bonchev–Trinajstić information content (AvgIpc) is 3.41. The number of carboxylic acid groups (broad SMARTS) is 1. The molecule has 0 radical (unpaired) electrons. The van der Waals surface area contributed by atoms with Gasteiger partial charge < -0.3 is 5.11 Å². The Bertz CT molecular complexity index is 1220. The molecular formula is C26H20FNO2S. The third kappa shape index (κ3) is 4.85. The van der Waals surface area contributed by atoms with Crippen molar-refractivity contribution >= 4 is 17.3 Å². The lowest BCUT2D eigenvalue weighted by Crippen LogP contribution is -1.97. The summed E-state index contributed by atoms with van der Waals surface area (Å²) in [6.45, 7) is 0. The molecule has 1 aliphatic carbocycles. The van der Waals surface area contributed by atoms with E-state index in [4.69, 9.17) is 5.11 Å². The van der Waals surface area contributed by atoms with Gasteiger partial charge in [0.15, 0.2) is 0 Å². The number of hydrogen-bond acceptors (Lipinski definition) is 3. The van der Waals surface area contributed by atoms with E-state index in [1.54, 1.807) is 17.4 Å². The summed E-state index contributed by atoms with van der Waals surface area (Å²) < 4.78 is 13.9. The minimum Gasteiger partial charge on any atom is -0.481 e. The molecule has 0 amide bonds. The van der Waals surface area contributed by atoms with Crippen LogP contribution in [0.5, 0.6) is 0 Å². The fourth-order valence-electron chi connectivity index (χ4n) is 3.45. The fourth-order valence-corrected chi connectivity index (χ4v) is 4.69. The second-order valence-corrected chi connectivity index (χ2v) is 8.83. The average molecular weight is 430 g/mol. The zero-order chi connectivity index (χ0) is 21.8. The molecule has 0 bridgehead atoms. The van der Waals surface area contributed by atoms with Crippen molar-refractivity contribution in [2.45, 2.75) is 37.5 Å². The Labute approximate surface area is 184 Å². The smallest absolute Gasteiger partial charge is 0.303 e. The highest BCUT2D eigenvalue weighted by molar-refractivity contribution is 7.15. The van der Waals surface area contributed by atoms with Gasteiger partial charge in [-0.1, -0.05) is 24.0 Å². The highest BCUT2D eigenvalue weighted by atomic mass is 32.1. The molecular weight excluding hydrogens is 409 g/mol. The van der Waals surface area contributed by atoms with E-state index in [9.17, 15) is 14.4 Å². The van der Waals surface area contributed by atoms with E-state index in [2.05, 4.69) is 17.9 Å². The van der Waals surface area contributed by atoms with Gasteiger partial charge in [0, 0.05) is 32.9 Å². The first kappa shape index (κ1) is 20.8. The number of nitriles is 1. The second-order valence-electron chi connectivity index (χ2n) is 7.74. The Morgan fingerprint density at radius 3 is 2.55 bits per heavy atom. The lowest BCUT2D eigenvalue weighted by atomic mass is 10.0. The molecule has 1 aromatic heterocycles. The van der Waals surface area contributed by atoms with E-state index in [0.29, 0.717) is 18.4 Å². The third-order valence-corrected chi connectivity index (χ3v) is 6.76. The molecule has 0 atom stereocenters. The van der Waals surface area contributed by atoms with Gasteiger partial charge in [0.05, 0.1) is 11.5 Å². The molecule has 0 unspecified atom stereocenters. The molecule has 5 heteroatoms. The van der Waals surface area contributed by atoms with Crippen LogP contribution in [0.4, 0.5) is 4.39 Å². The molecule has 31 heavy (non-hydrogen) atoms. The summed E-state index contributed by atoms with van der Waals surface area (Å²) in [5.41, 5.74) is 3.02. The summed E-state index contributed by atoms with van der Waals surface area (Å²) in [5.74, 6) is 5.08. The summed E-state index contributed by atoms with van der Waals surface area (Å²) in [6.07, 6.45) is 3.25. The Morgan fingerprint density at radius 1 is 1.10 bits per heavy atom. The Kier molecular flexibility index (Phi) is 5.89. The lowest BCUT2D eigenvalue weighted by molar-refractivity contribution is -0.137. The topological polar surface area (TPSA) is 61.1 Å². The van der Waals surface area contributed by atoms with Crippen LogP contribution in [0.1, 0.15) is 47.3 Å². The predicted octanol–water partition coefficient (Wildman–Crippen LogP) is 5.92. The second kappa shape index (κ2) is 8.76. The summed E-state index contributed by atoms with van der Waals surface area (Å²) in [4.78, 5) is 12.7. The molecule has 3 nitrogen and oxygen atoms in total. The van der Waals surface area contributed by atoms with Gasteiger partial charge in [0.2, 0.25) is 0 Å². The molecule has 0 aliphatic heterocycles. The number of hydrogen-bond donors (Lipinski definition) is 1. The van der Waals surface area contributed by atoms with Crippen LogP contribution >= 0.6 is 11.3 Å². The molecule has 0 saturated heterocycles. The van der Waals surface area contributed by atoms with E-state index in [1.807, 2.05) is 36.4 Å². The summed E-state index contributed by atoms with van der Waals surface area (Å²) in [6, 6.07) is 18.7. The number of carbonyl (C=O) groups is 1. The Balaban J connectivity index is 1.55. The van der Waals surface area contributed by atoms with Crippen molar-refractivity contribution in [1.29, 1.82) is 5.26 Å². The largest absolute Gasteiger partial charge is 0.481 e. The fraction of sp³-hybridized carbons (Fsp3) is 0.231. The maximum Gasteiger partial charge on any atom is 0.303 e. The molecule has 1 N–H and O–H groups in total. The van der Waals surface area contributed by atoms with Crippen LogP contribution in [0.15, 0.2) is 54.6 Å². The zero-order valence-electron chi connectivity index (χ0n) is 16.8. The van der Waals surface area contributed by atoms with Gasteiger partial charge in [-0.25, -0.2) is 4.39 Å². The van der Waals surface area contributed by atoms with Crippen LogP contribution in [0.3, 0.4) is 0 Å². The molecule has 2 aromatic carbocycles. The SMILES string of the molecule is N#CC1(c2ccc(-c3ccc(F)cc3C#Cc3ccc(CCCC(=O)O)cc3)s2)CC1. The summed E-state index contributed by atoms with van der Waals surface area (Å²) in [7, 11) is 0. The van der Waals surface area contributed by atoms with E-state index < -0.39 is 5.97 Å². The van der Waals surface area contributed by atoms with E-state index in [1.165, 1.54) is 12.1 Å². The number of halogens is 1. The zero-order valence-corrected chi connectivity index (χ0v) is 17.6. The summed E-state index contributed by atoms with van der Waals surface area (Å²) >= 11 is 1.58. The lowest BCUT2D eigenvalue weighted by Gasteiger charge is -2.04. The summed E-state index contributed by atoms with van der Waals surface area (Å²) in [5, 5.41) is 18.2. The van der Waals surface area contributed by atoms with Crippen LogP contribution in [-0.4, -0.2) is 11.1 Å². The van der Waals surface area contributed by atoms with Crippen molar-refractivity contribution in [1.82, 2.24) is 0 Å². The Hall–Kier alpha value is -3.41. The number of aliphatic carboxylic acids is 1. The van der Waals surface area contributed by atoms with Crippen molar-refractivity contribution in [3.8, 4) is 28.4 Å². The van der Waals surface area contributed by atoms with Crippen molar-refractivity contribution < 1.29 is 14.3 Å². The van der Waals surface area contributed by atoms with Crippen molar-refractivity contribution in [2.24, 2.45) is 0 Å². The first-order chi connectivity index (χ1) is 15.0. The number of carboxylic acids is 1. The predicted molar refractivity (Wildman–Crippen MR) is 119 cm³/mol. The van der Waals surface area contributed by atoms with Gasteiger partial charge in [-0.15, -0.1) is 11.3 Å². The molecule has 1 heterocycles. The number of thiophene rings is 1. The molecule has 154 valence electrons. The van der Waals surface area contributed by atoms with E-state index in [0.717, 1.165) is 39.3 Å². The number of nitrogens with zero attached hydrogens (tertiary/aromatic N) is 1. The van der Waals surface area contributed by atoms with Gasteiger partial charge >= 0.3 is 5.97 Å². The maximum absolute atomic E-state index is 13.9. The van der Waals surface area contributed by atoms with Crippen LogP contribution < -0.4 is 0 Å². The molecule has 0 spiro atoms. The number of rotatable bonds is 6. The van der Waals surface area contributed by atoms with Gasteiger partial charge in [0.1, 0.15) is 5.82 Å². The molecule has 1 fully saturated rings. The Morgan fingerprint density at radius 2 is 1.87 bits per heavy atom. The molecule has 4 rings (SSSR count). The minimum atomic E-state index is -0.786. The van der Waals surface area contributed by atoms with Crippen LogP contribution in [0.2, 0.25) is 0 Å². The molecule has 3 aromatic rings. The quantitative estimate of drug-likeness (QED) is 0.495. The van der Waals surface area contributed by atoms with E-state index >= 15 is 0 Å². The normalized spacial score (nSPS) is 13.7. The minimum absolute atomic E-state index is 0.157. The van der Waals surface area contributed by atoms with Crippen molar-refractivity contribution in [3.63, 3.8) is 0 Å². The number of benzene rings is 2. The van der Waals surface area contributed by atoms with Gasteiger partial charge in [-0.05, 0) is 73.7 Å².